The number of hydrogen-bond donors (Lipinski definition) is 0. The summed E-state index contributed by atoms with van der Waals surface area (Å²) in [5.41, 5.74) is 12.6. The topological polar surface area (TPSA) is 38.9 Å². The van der Waals surface area contributed by atoms with E-state index in [0.29, 0.717) is 0 Å². The Morgan fingerprint density at radius 2 is 0.770 bits per heavy atom. The summed E-state index contributed by atoms with van der Waals surface area (Å²) in [6, 6.07) is 75.5. The van der Waals surface area contributed by atoms with Crippen LogP contribution in [0.25, 0.3) is 121 Å². The Morgan fingerprint density at radius 3 is 1.39 bits per heavy atom. The van der Waals surface area contributed by atoms with E-state index in [9.17, 15) is 0 Å². The fourth-order valence-corrected chi connectivity index (χ4v) is 9.44. The molecule has 0 atom stereocenters. The van der Waals surface area contributed by atoms with Gasteiger partial charge in [0.05, 0.1) is 16.7 Å². The molecular weight excluding hydrogens is 741 g/mol. The maximum atomic E-state index is 7.52. The van der Waals surface area contributed by atoms with Gasteiger partial charge in [0, 0.05) is 44.8 Å². The van der Waals surface area contributed by atoms with Crippen molar-refractivity contribution in [2.24, 2.45) is 0 Å². The summed E-state index contributed by atoms with van der Waals surface area (Å²) in [5.74, 6) is 1.67. The van der Waals surface area contributed by atoms with Crippen molar-refractivity contribution < 1.29 is 4.42 Å². The summed E-state index contributed by atoms with van der Waals surface area (Å²) in [7, 11) is 0. The van der Waals surface area contributed by atoms with Crippen LogP contribution in [-0.4, -0.2) is 9.97 Å². The van der Waals surface area contributed by atoms with Crippen LogP contribution in [0.2, 0.25) is 0 Å². The molecule has 0 radical (unpaired) electrons. The minimum Gasteiger partial charge on any atom is -0.455 e. The van der Waals surface area contributed by atoms with E-state index in [1.54, 1.807) is 0 Å². The van der Waals surface area contributed by atoms with E-state index < -0.39 is 0 Å². The van der Waals surface area contributed by atoms with Crippen molar-refractivity contribution >= 4 is 54.1 Å². The summed E-state index contributed by atoms with van der Waals surface area (Å²) in [6.45, 7) is 0. The zero-order chi connectivity index (χ0) is 40.3. The van der Waals surface area contributed by atoms with Crippen molar-refractivity contribution in [3.05, 3.63) is 219 Å². The molecule has 0 unspecified atom stereocenters. The van der Waals surface area contributed by atoms with Gasteiger partial charge in [0.1, 0.15) is 11.5 Å². The van der Waals surface area contributed by atoms with Crippen LogP contribution in [0.3, 0.4) is 0 Å². The van der Waals surface area contributed by atoms with Crippen LogP contribution < -0.4 is 0 Å². The summed E-state index contributed by atoms with van der Waals surface area (Å²) in [5, 5.41) is 9.02. The Bertz CT molecular complexity index is 3570. The second-order valence-electron chi connectivity index (χ2n) is 15.6. The van der Waals surface area contributed by atoms with Gasteiger partial charge in [0.25, 0.3) is 0 Å². The molecule has 0 bridgehead atoms. The number of fused-ring (bicyclic) bond motifs is 6. The van der Waals surface area contributed by atoms with E-state index >= 15 is 0 Å². The number of aromatic nitrogens is 2. The lowest BCUT2D eigenvalue weighted by Crippen LogP contribution is -1.93. The van der Waals surface area contributed by atoms with Gasteiger partial charge in [-0.1, -0.05) is 200 Å². The second-order valence-corrected chi connectivity index (χ2v) is 15.6. The van der Waals surface area contributed by atoms with Gasteiger partial charge < -0.3 is 4.42 Å². The average molecular weight is 777 g/mol. The molecule has 0 amide bonds. The number of rotatable bonds is 6. The lowest BCUT2D eigenvalue weighted by Gasteiger charge is -2.18. The van der Waals surface area contributed by atoms with Crippen molar-refractivity contribution in [2.45, 2.75) is 0 Å². The van der Waals surface area contributed by atoms with Crippen LogP contribution in [0.1, 0.15) is 0 Å². The van der Waals surface area contributed by atoms with E-state index in [2.05, 4.69) is 206 Å². The lowest BCUT2D eigenvalue weighted by atomic mass is 9.84. The van der Waals surface area contributed by atoms with Crippen LogP contribution in [0.4, 0.5) is 0 Å². The third kappa shape index (κ3) is 5.66. The molecule has 3 nitrogen and oxygen atoms in total. The Labute approximate surface area is 352 Å². The van der Waals surface area contributed by atoms with E-state index in [-0.39, 0.29) is 0 Å². The number of hydrogen-bond acceptors (Lipinski definition) is 3. The minimum atomic E-state index is 0.828. The molecule has 12 rings (SSSR count). The Hall–Kier alpha value is -8.14. The maximum absolute atomic E-state index is 7.52. The predicted octanol–water partition coefficient (Wildman–Crippen LogP) is 15.8. The first-order valence-corrected chi connectivity index (χ1v) is 20.7. The molecule has 0 saturated carbocycles. The fourth-order valence-electron chi connectivity index (χ4n) is 9.44. The molecule has 12 aromatic rings. The molecular formula is C58H36N2O. The second kappa shape index (κ2) is 14.3. The highest BCUT2D eigenvalue weighted by Gasteiger charge is 2.29. The Balaban J connectivity index is 1.19. The molecule has 3 aromatic heterocycles. The van der Waals surface area contributed by atoms with E-state index in [0.717, 1.165) is 99.5 Å². The molecule has 3 heteroatoms. The Kier molecular flexibility index (Phi) is 8.17. The molecule has 0 aliphatic carbocycles. The van der Waals surface area contributed by atoms with E-state index in [1.165, 1.54) is 21.9 Å². The Morgan fingerprint density at radius 1 is 0.295 bits per heavy atom. The first-order chi connectivity index (χ1) is 30.3. The predicted molar refractivity (Wildman–Crippen MR) is 254 cm³/mol. The molecule has 0 N–H and O–H groups in total. The molecule has 61 heavy (non-hydrogen) atoms. The molecule has 0 fully saturated rings. The smallest absolute Gasteiger partial charge is 0.144 e. The highest BCUT2D eigenvalue weighted by molar-refractivity contribution is 6.23. The van der Waals surface area contributed by atoms with Crippen molar-refractivity contribution in [1.29, 1.82) is 0 Å². The van der Waals surface area contributed by atoms with Crippen molar-refractivity contribution in [2.75, 3.05) is 0 Å². The SMILES string of the molecule is c1ccc(-c2oc(-c3c4ccccc4c(-c4ccccc4)c4ccccc34)c(-c3ccccc3)c2-c2ccc(-c3ccc4ccc5cccnc5c4n3)c3ccccc23)cc1. The monoisotopic (exact) mass is 776 g/mol. The number of furan rings is 1. The van der Waals surface area contributed by atoms with Crippen LogP contribution in [-0.2, 0) is 0 Å². The number of benzene rings is 9. The van der Waals surface area contributed by atoms with Gasteiger partial charge >= 0.3 is 0 Å². The standard InChI is InChI=1S/C58H36N2O/c1-4-17-37(18-5-1)51-45-26-12-14-28-47(45)53(48-29-15-13-27-46(48)51)58-52(38-19-6-2-7-20-38)54(57(61-58)41-21-8-3-9-22-41)49-34-33-44(42-24-10-11-25-43(42)49)50-35-32-40-31-30-39-23-16-36-59-55(39)56(40)60-50/h1-36H. The van der Waals surface area contributed by atoms with Crippen LogP contribution in [0.15, 0.2) is 223 Å². The van der Waals surface area contributed by atoms with Crippen molar-refractivity contribution in [3.63, 3.8) is 0 Å². The van der Waals surface area contributed by atoms with Gasteiger partial charge in [-0.3, -0.25) is 4.98 Å². The molecule has 3 heterocycles. The minimum absolute atomic E-state index is 0.828. The third-order valence-corrected chi connectivity index (χ3v) is 12.1. The molecule has 0 aliphatic heterocycles. The highest BCUT2D eigenvalue weighted by atomic mass is 16.3. The van der Waals surface area contributed by atoms with E-state index in [1.807, 2.05) is 12.3 Å². The summed E-state index contributed by atoms with van der Waals surface area (Å²) in [4.78, 5) is 10.1. The molecule has 284 valence electrons. The summed E-state index contributed by atoms with van der Waals surface area (Å²) < 4.78 is 7.52. The fraction of sp³-hybridized carbons (Fsp3) is 0. The first-order valence-electron chi connectivity index (χ1n) is 20.7. The van der Waals surface area contributed by atoms with Crippen molar-refractivity contribution in [1.82, 2.24) is 9.97 Å². The molecule has 0 spiro atoms. The number of pyridine rings is 2. The van der Waals surface area contributed by atoms with Gasteiger partial charge in [0.2, 0.25) is 0 Å². The molecule has 9 aromatic carbocycles. The van der Waals surface area contributed by atoms with Gasteiger partial charge in [-0.05, 0) is 66.7 Å². The van der Waals surface area contributed by atoms with Crippen molar-refractivity contribution in [3.8, 4) is 67.3 Å². The van der Waals surface area contributed by atoms with Gasteiger partial charge in [-0.25, -0.2) is 4.98 Å². The molecule has 0 aliphatic rings. The quantitative estimate of drug-likeness (QED) is 0.125. The maximum Gasteiger partial charge on any atom is 0.144 e. The summed E-state index contributed by atoms with van der Waals surface area (Å²) >= 11 is 0. The third-order valence-electron chi connectivity index (χ3n) is 12.1. The van der Waals surface area contributed by atoms with E-state index in [4.69, 9.17) is 14.4 Å². The van der Waals surface area contributed by atoms with Crippen LogP contribution in [0, 0.1) is 0 Å². The average Bonchev–Trinajstić information content (AvgIpc) is 3.73. The van der Waals surface area contributed by atoms with Gasteiger partial charge in [-0.2, -0.15) is 0 Å². The summed E-state index contributed by atoms with van der Waals surface area (Å²) in [6.07, 6.45) is 1.84. The normalized spacial score (nSPS) is 11.6. The highest BCUT2D eigenvalue weighted by Crippen LogP contribution is 2.54. The largest absolute Gasteiger partial charge is 0.455 e. The van der Waals surface area contributed by atoms with Crippen LogP contribution in [0.5, 0.6) is 0 Å². The first kappa shape index (κ1) is 34.9. The van der Waals surface area contributed by atoms with Crippen LogP contribution >= 0.6 is 0 Å². The number of nitrogens with zero attached hydrogens (tertiary/aromatic N) is 2. The molecule has 0 saturated heterocycles. The van der Waals surface area contributed by atoms with Gasteiger partial charge in [-0.15, -0.1) is 0 Å². The zero-order valence-corrected chi connectivity index (χ0v) is 33.1. The van der Waals surface area contributed by atoms with Gasteiger partial charge in [0.15, 0.2) is 0 Å². The zero-order valence-electron chi connectivity index (χ0n) is 33.1. The lowest BCUT2D eigenvalue weighted by molar-refractivity contribution is 0.600.